The van der Waals surface area contributed by atoms with Gasteiger partial charge >= 0.3 is 0 Å². The van der Waals surface area contributed by atoms with Crippen LogP contribution in [0, 0.1) is 11.6 Å². The van der Waals surface area contributed by atoms with Crippen LogP contribution in [0.25, 0.3) is 0 Å². The van der Waals surface area contributed by atoms with Gasteiger partial charge in [-0.15, -0.1) is 0 Å². The van der Waals surface area contributed by atoms with Gasteiger partial charge < -0.3 is 5.11 Å². The Balaban J connectivity index is 2.28. The molecule has 19 heavy (non-hydrogen) atoms. The van der Waals surface area contributed by atoms with Gasteiger partial charge in [-0.2, -0.15) is 4.31 Å². The molecule has 0 aliphatic carbocycles. The van der Waals surface area contributed by atoms with Gasteiger partial charge in [0.05, 0.1) is 10.5 Å². The molecule has 1 aliphatic rings. The summed E-state index contributed by atoms with van der Waals surface area (Å²) in [6.07, 6.45) is 0.591. The van der Waals surface area contributed by atoms with Gasteiger partial charge in [-0.05, 0) is 31.9 Å². The summed E-state index contributed by atoms with van der Waals surface area (Å²) in [6.45, 7) is 1.90. The lowest BCUT2D eigenvalue weighted by molar-refractivity contribution is 0.0126. The van der Waals surface area contributed by atoms with Gasteiger partial charge in [-0.25, -0.2) is 17.2 Å². The molecule has 7 heteroatoms. The highest BCUT2D eigenvalue weighted by Gasteiger charge is 2.34. The normalized spacial score (nSPS) is 20.4. The summed E-state index contributed by atoms with van der Waals surface area (Å²) < 4.78 is 51.7. The van der Waals surface area contributed by atoms with Gasteiger partial charge in [0.2, 0.25) is 10.0 Å². The molecule has 1 aromatic rings. The Bertz CT molecular complexity index is 556. The third-order valence-corrected chi connectivity index (χ3v) is 5.15. The average molecular weight is 291 g/mol. The van der Waals surface area contributed by atoms with Crippen LogP contribution in [-0.2, 0) is 10.0 Å². The highest BCUT2D eigenvalue weighted by Crippen LogP contribution is 2.26. The predicted octanol–water partition coefficient (Wildman–Crippen LogP) is 1.50. The van der Waals surface area contributed by atoms with Crippen LogP contribution in [0.15, 0.2) is 23.1 Å². The molecule has 1 N–H and O–H groups in total. The van der Waals surface area contributed by atoms with Crippen LogP contribution in [0.5, 0.6) is 0 Å². The van der Waals surface area contributed by atoms with Crippen molar-refractivity contribution in [2.75, 3.05) is 13.1 Å². The maximum absolute atomic E-state index is 13.1. The van der Waals surface area contributed by atoms with E-state index in [9.17, 15) is 22.3 Å². The summed E-state index contributed by atoms with van der Waals surface area (Å²) in [6, 6.07) is 2.22. The minimum absolute atomic E-state index is 0.132. The molecule has 2 rings (SSSR count). The number of hydrogen-bond acceptors (Lipinski definition) is 3. The van der Waals surface area contributed by atoms with E-state index in [1.54, 1.807) is 6.92 Å². The Kier molecular flexibility index (Phi) is 3.63. The molecule has 0 radical (unpaired) electrons. The lowest BCUT2D eigenvalue weighted by atomic mass is 9.95. The lowest BCUT2D eigenvalue weighted by Crippen LogP contribution is -2.45. The fourth-order valence-electron chi connectivity index (χ4n) is 2.03. The second kappa shape index (κ2) is 4.81. The fourth-order valence-corrected chi connectivity index (χ4v) is 3.52. The molecule has 1 fully saturated rings. The number of hydrogen-bond donors (Lipinski definition) is 1. The summed E-state index contributed by atoms with van der Waals surface area (Å²) in [5, 5.41) is 9.78. The largest absolute Gasteiger partial charge is 0.390 e. The van der Waals surface area contributed by atoms with Gasteiger partial charge in [-0.1, -0.05) is 0 Å². The lowest BCUT2D eigenvalue weighted by Gasteiger charge is -2.34. The SMILES string of the molecule is CC1(O)CCN(S(=O)(=O)c2cc(F)cc(F)c2)CC1. The zero-order valence-corrected chi connectivity index (χ0v) is 11.3. The molecule has 0 unspecified atom stereocenters. The van der Waals surface area contributed by atoms with E-state index in [1.807, 2.05) is 0 Å². The zero-order valence-electron chi connectivity index (χ0n) is 10.4. The summed E-state index contributed by atoms with van der Waals surface area (Å²) in [5.41, 5.74) is -0.890. The van der Waals surface area contributed by atoms with Crippen molar-refractivity contribution < 1.29 is 22.3 Å². The van der Waals surface area contributed by atoms with Crippen molar-refractivity contribution in [1.82, 2.24) is 4.31 Å². The monoisotopic (exact) mass is 291 g/mol. The van der Waals surface area contributed by atoms with Gasteiger partial charge in [0.1, 0.15) is 11.6 Å². The van der Waals surface area contributed by atoms with E-state index in [0.29, 0.717) is 18.9 Å². The average Bonchev–Trinajstić information content (AvgIpc) is 2.27. The molecule has 0 saturated carbocycles. The van der Waals surface area contributed by atoms with Crippen LogP contribution in [-0.4, -0.2) is 36.5 Å². The van der Waals surface area contributed by atoms with Crippen LogP contribution < -0.4 is 0 Å². The Hall–Kier alpha value is -1.05. The van der Waals surface area contributed by atoms with Gasteiger partial charge in [0.25, 0.3) is 0 Å². The van der Waals surface area contributed by atoms with E-state index >= 15 is 0 Å². The molecule has 0 atom stereocenters. The first-order valence-corrected chi connectivity index (χ1v) is 7.33. The van der Waals surface area contributed by atoms with E-state index in [1.165, 1.54) is 0 Å². The standard InChI is InChI=1S/C12H15F2NO3S/c1-12(16)2-4-15(5-3-12)19(17,18)11-7-9(13)6-10(14)8-11/h6-8,16H,2-5H2,1H3. The van der Waals surface area contributed by atoms with Crippen LogP contribution in [0.1, 0.15) is 19.8 Å². The summed E-state index contributed by atoms with van der Waals surface area (Å²) in [7, 11) is -3.91. The van der Waals surface area contributed by atoms with Crippen LogP contribution in [0.3, 0.4) is 0 Å². The van der Waals surface area contributed by atoms with Gasteiger partial charge in [-0.3, -0.25) is 0 Å². The van der Waals surface area contributed by atoms with Crippen LogP contribution in [0.2, 0.25) is 0 Å². The molecule has 1 aliphatic heterocycles. The maximum atomic E-state index is 13.1. The van der Waals surface area contributed by atoms with Crippen molar-refractivity contribution in [2.45, 2.75) is 30.3 Å². The Morgan fingerprint density at radius 3 is 2.11 bits per heavy atom. The summed E-state index contributed by atoms with van der Waals surface area (Å²) >= 11 is 0. The molecule has 4 nitrogen and oxygen atoms in total. The van der Waals surface area contributed by atoms with Crippen LogP contribution >= 0.6 is 0 Å². The highest BCUT2D eigenvalue weighted by molar-refractivity contribution is 7.89. The molecule has 106 valence electrons. The van der Waals surface area contributed by atoms with Gasteiger partial charge in [0, 0.05) is 19.2 Å². The molecule has 0 amide bonds. The molecule has 0 spiro atoms. The van der Waals surface area contributed by atoms with E-state index in [0.717, 1.165) is 16.4 Å². The van der Waals surface area contributed by atoms with Crippen molar-refractivity contribution in [3.05, 3.63) is 29.8 Å². The van der Waals surface area contributed by atoms with Crippen molar-refractivity contribution in [2.24, 2.45) is 0 Å². The fraction of sp³-hybridized carbons (Fsp3) is 0.500. The quantitative estimate of drug-likeness (QED) is 0.898. The third-order valence-electron chi connectivity index (χ3n) is 3.27. The summed E-state index contributed by atoms with van der Waals surface area (Å²) in [5.74, 6) is -1.86. The Labute approximate surface area is 110 Å². The number of piperidine rings is 1. The van der Waals surface area contributed by atoms with Crippen molar-refractivity contribution in [1.29, 1.82) is 0 Å². The number of nitrogens with zero attached hydrogens (tertiary/aromatic N) is 1. The molecule has 1 saturated heterocycles. The van der Waals surface area contributed by atoms with E-state index in [-0.39, 0.29) is 13.1 Å². The third kappa shape index (κ3) is 3.10. The number of halogens is 2. The first-order chi connectivity index (χ1) is 8.71. The van der Waals surface area contributed by atoms with Crippen molar-refractivity contribution in [3.8, 4) is 0 Å². The predicted molar refractivity (Wildman–Crippen MR) is 65.0 cm³/mol. The van der Waals surface area contributed by atoms with Crippen LogP contribution in [0.4, 0.5) is 8.78 Å². The number of aliphatic hydroxyl groups is 1. The molecular weight excluding hydrogens is 276 g/mol. The number of sulfonamides is 1. The molecule has 0 bridgehead atoms. The van der Waals surface area contributed by atoms with Crippen molar-refractivity contribution in [3.63, 3.8) is 0 Å². The second-order valence-electron chi connectivity index (χ2n) is 5.01. The Morgan fingerprint density at radius 2 is 1.63 bits per heavy atom. The highest BCUT2D eigenvalue weighted by atomic mass is 32.2. The van der Waals surface area contributed by atoms with E-state index < -0.39 is 32.2 Å². The van der Waals surface area contributed by atoms with E-state index in [4.69, 9.17) is 0 Å². The first-order valence-electron chi connectivity index (χ1n) is 5.89. The zero-order chi connectivity index (χ0) is 14.3. The minimum atomic E-state index is -3.91. The van der Waals surface area contributed by atoms with Gasteiger partial charge in [0.15, 0.2) is 0 Å². The molecular formula is C12H15F2NO3S. The number of rotatable bonds is 2. The smallest absolute Gasteiger partial charge is 0.243 e. The minimum Gasteiger partial charge on any atom is -0.390 e. The number of benzene rings is 1. The topological polar surface area (TPSA) is 57.6 Å². The Morgan fingerprint density at radius 1 is 1.16 bits per heavy atom. The molecule has 1 heterocycles. The first kappa shape index (κ1) is 14.4. The molecule has 1 aromatic carbocycles. The van der Waals surface area contributed by atoms with Crippen molar-refractivity contribution >= 4 is 10.0 Å². The molecule has 0 aromatic heterocycles. The second-order valence-corrected chi connectivity index (χ2v) is 6.94. The summed E-state index contributed by atoms with van der Waals surface area (Å²) in [4.78, 5) is -0.397. The maximum Gasteiger partial charge on any atom is 0.243 e. The van der Waals surface area contributed by atoms with E-state index in [2.05, 4.69) is 0 Å².